The third kappa shape index (κ3) is 3.02. The molecule has 0 aliphatic heterocycles. The molecular formula is C14H12ClNO2. The van der Waals surface area contributed by atoms with Crippen LogP contribution in [-0.2, 0) is 4.79 Å². The molecule has 18 heavy (non-hydrogen) atoms. The van der Waals surface area contributed by atoms with Gasteiger partial charge in [0.1, 0.15) is 5.75 Å². The van der Waals surface area contributed by atoms with E-state index in [4.69, 9.17) is 22.1 Å². The van der Waals surface area contributed by atoms with Crippen LogP contribution in [0.2, 0.25) is 5.02 Å². The zero-order valence-corrected chi connectivity index (χ0v) is 10.3. The van der Waals surface area contributed by atoms with Gasteiger partial charge in [0.25, 0.3) is 5.91 Å². The van der Waals surface area contributed by atoms with Crippen molar-refractivity contribution >= 4 is 17.5 Å². The van der Waals surface area contributed by atoms with Crippen LogP contribution in [0.25, 0.3) is 0 Å². The lowest BCUT2D eigenvalue weighted by Crippen LogP contribution is -2.26. The highest BCUT2D eigenvalue weighted by molar-refractivity contribution is 6.30. The number of carbonyl (C=O) groups excluding carboxylic acids is 1. The van der Waals surface area contributed by atoms with Crippen LogP contribution in [0.15, 0.2) is 54.6 Å². The fourth-order valence-electron chi connectivity index (χ4n) is 1.59. The molecule has 4 heteroatoms. The molecule has 2 rings (SSSR count). The van der Waals surface area contributed by atoms with E-state index in [0.717, 1.165) is 0 Å². The number of halogens is 1. The Morgan fingerprint density at radius 1 is 1.11 bits per heavy atom. The van der Waals surface area contributed by atoms with Crippen molar-refractivity contribution in [3.8, 4) is 5.75 Å². The molecule has 0 aliphatic rings. The van der Waals surface area contributed by atoms with Crippen molar-refractivity contribution in [3.05, 3.63) is 65.2 Å². The van der Waals surface area contributed by atoms with E-state index in [1.165, 1.54) is 0 Å². The lowest BCUT2D eigenvalue weighted by molar-refractivity contribution is -0.125. The first-order valence-corrected chi connectivity index (χ1v) is 5.81. The van der Waals surface area contributed by atoms with E-state index in [1.807, 2.05) is 18.2 Å². The highest BCUT2D eigenvalue weighted by Gasteiger charge is 2.19. The Bertz CT molecular complexity index is 543. The summed E-state index contributed by atoms with van der Waals surface area (Å²) < 4.78 is 5.58. The van der Waals surface area contributed by atoms with Gasteiger partial charge in [0.15, 0.2) is 0 Å². The molecule has 0 heterocycles. The first-order chi connectivity index (χ1) is 8.66. The lowest BCUT2D eigenvalue weighted by Gasteiger charge is -2.16. The molecule has 1 atom stereocenters. The molecule has 0 fully saturated rings. The number of nitrogens with two attached hydrogens (primary N) is 1. The van der Waals surface area contributed by atoms with Crippen LogP contribution in [0, 0.1) is 0 Å². The van der Waals surface area contributed by atoms with Gasteiger partial charge in [-0.2, -0.15) is 0 Å². The molecule has 0 bridgehead atoms. The summed E-state index contributed by atoms with van der Waals surface area (Å²) >= 11 is 5.86. The summed E-state index contributed by atoms with van der Waals surface area (Å²) in [7, 11) is 0. The largest absolute Gasteiger partial charge is 0.476 e. The standard InChI is InChI=1S/C14H12ClNO2/c15-11-7-4-8-12(9-11)18-13(14(16)17)10-5-2-1-3-6-10/h1-9,13H,(H2,16,17). The van der Waals surface area contributed by atoms with Crippen LogP contribution in [0.5, 0.6) is 5.75 Å². The van der Waals surface area contributed by atoms with E-state index in [1.54, 1.807) is 36.4 Å². The molecular weight excluding hydrogens is 250 g/mol. The fraction of sp³-hybridized carbons (Fsp3) is 0.0714. The first kappa shape index (κ1) is 12.5. The van der Waals surface area contributed by atoms with Crippen LogP contribution in [0.3, 0.4) is 0 Å². The minimum absolute atomic E-state index is 0.509. The molecule has 2 aromatic rings. The van der Waals surface area contributed by atoms with Crippen molar-refractivity contribution in [2.24, 2.45) is 5.73 Å². The molecule has 2 aromatic carbocycles. The Labute approximate surface area is 110 Å². The summed E-state index contributed by atoms with van der Waals surface area (Å²) in [5.74, 6) is -0.0312. The van der Waals surface area contributed by atoms with Crippen molar-refractivity contribution in [1.82, 2.24) is 0 Å². The van der Waals surface area contributed by atoms with Gasteiger partial charge in [-0.15, -0.1) is 0 Å². The minimum Gasteiger partial charge on any atom is -0.476 e. The second-order valence-electron chi connectivity index (χ2n) is 3.77. The number of hydrogen-bond acceptors (Lipinski definition) is 2. The SMILES string of the molecule is NC(=O)C(Oc1cccc(Cl)c1)c1ccccc1. The number of primary amides is 1. The minimum atomic E-state index is -0.815. The molecule has 3 nitrogen and oxygen atoms in total. The van der Waals surface area contributed by atoms with Gasteiger partial charge in [0.05, 0.1) is 0 Å². The molecule has 1 unspecified atom stereocenters. The number of carbonyl (C=O) groups is 1. The number of hydrogen-bond donors (Lipinski definition) is 1. The average molecular weight is 262 g/mol. The third-order valence-electron chi connectivity index (χ3n) is 2.41. The molecule has 92 valence electrons. The molecule has 0 saturated carbocycles. The summed E-state index contributed by atoms with van der Waals surface area (Å²) in [6, 6.07) is 15.9. The summed E-state index contributed by atoms with van der Waals surface area (Å²) in [5.41, 5.74) is 6.07. The topological polar surface area (TPSA) is 52.3 Å². The molecule has 0 aromatic heterocycles. The van der Waals surface area contributed by atoms with Crippen molar-refractivity contribution in [3.63, 3.8) is 0 Å². The Kier molecular flexibility index (Phi) is 3.85. The zero-order valence-electron chi connectivity index (χ0n) is 9.55. The van der Waals surface area contributed by atoms with Crippen LogP contribution in [0.4, 0.5) is 0 Å². The highest BCUT2D eigenvalue weighted by atomic mass is 35.5. The fourth-order valence-corrected chi connectivity index (χ4v) is 1.77. The summed E-state index contributed by atoms with van der Waals surface area (Å²) in [6.07, 6.45) is -0.815. The van der Waals surface area contributed by atoms with E-state index in [2.05, 4.69) is 0 Å². The van der Waals surface area contributed by atoms with Crippen molar-refractivity contribution in [2.75, 3.05) is 0 Å². The number of ether oxygens (including phenoxy) is 1. The van der Waals surface area contributed by atoms with Gasteiger partial charge in [0.2, 0.25) is 6.10 Å². The van der Waals surface area contributed by atoms with Gasteiger partial charge in [-0.3, -0.25) is 4.79 Å². The smallest absolute Gasteiger partial charge is 0.263 e. The van der Waals surface area contributed by atoms with Crippen molar-refractivity contribution in [1.29, 1.82) is 0 Å². The Morgan fingerprint density at radius 2 is 1.83 bits per heavy atom. The molecule has 2 N–H and O–H groups in total. The molecule has 0 aliphatic carbocycles. The second-order valence-corrected chi connectivity index (χ2v) is 4.20. The average Bonchev–Trinajstić information content (AvgIpc) is 2.37. The van der Waals surface area contributed by atoms with E-state index in [-0.39, 0.29) is 0 Å². The van der Waals surface area contributed by atoms with Crippen LogP contribution in [0.1, 0.15) is 11.7 Å². The predicted molar refractivity (Wildman–Crippen MR) is 70.5 cm³/mol. The monoisotopic (exact) mass is 261 g/mol. The molecule has 0 radical (unpaired) electrons. The molecule has 0 spiro atoms. The van der Waals surface area contributed by atoms with Crippen LogP contribution in [-0.4, -0.2) is 5.91 Å². The number of amides is 1. The Balaban J connectivity index is 2.25. The molecule has 1 amide bonds. The summed E-state index contributed by atoms with van der Waals surface area (Å²) in [4.78, 5) is 11.5. The van der Waals surface area contributed by atoms with Gasteiger partial charge in [0, 0.05) is 10.6 Å². The van der Waals surface area contributed by atoms with E-state index < -0.39 is 12.0 Å². The summed E-state index contributed by atoms with van der Waals surface area (Å²) in [6.45, 7) is 0. The number of rotatable bonds is 4. The lowest BCUT2D eigenvalue weighted by atomic mass is 10.1. The van der Waals surface area contributed by atoms with Crippen molar-refractivity contribution in [2.45, 2.75) is 6.10 Å². The van der Waals surface area contributed by atoms with E-state index >= 15 is 0 Å². The summed E-state index contributed by atoms with van der Waals surface area (Å²) in [5, 5.41) is 0.545. The van der Waals surface area contributed by atoms with E-state index in [9.17, 15) is 4.79 Å². The zero-order chi connectivity index (χ0) is 13.0. The maximum atomic E-state index is 11.5. The van der Waals surface area contributed by atoms with Gasteiger partial charge < -0.3 is 10.5 Å². The maximum Gasteiger partial charge on any atom is 0.263 e. The first-order valence-electron chi connectivity index (χ1n) is 5.43. The maximum absolute atomic E-state index is 11.5. The predicted octanol–water partition coefficient (Wildman–Crippen LogP) is 2.95. The van der Waals surface area contributed by atoms with Gasteiger partial charge >= 0.3 is 0 Å². The van der Waals surface area contributed by atoms with Crippen LogP contribution < -0.4 is 10.5 Å². The quantitative estimate of drug-likeness (QED) is 0.920. The Hall–Kier alpha value is -2.00. The third-order valence-corrected chi connectivity index (χ3v) is 2.65. The van der Waals surface area contributed by atoms with Crippen molar-refractivity contribution < 1.29 is 9.53 Å². The molecule has 0 saturated heterocycles. The van der Waals surface area contributed by atoms with Gasteiger partial charge in [-0.1, -0.05) is 48.0 Å². The van der Waals surface area contributed by atoms with Gasteiger partial charge in [-0.25, -0.2) is 0 Å². The normalized spacial score (nSPS) is 11.8. The highest BCUT2D eigenvalue weighted by Crippen LogP contribution is 2.24. The van der Waals surface area contributed by atoms with Crippen LogP contribution >= 0.6 is 11.6 Å². The second kappa shape index (κ2) is 5.56. The number of benzene rings is 2. The Morgan fingerprint density at radius 3 is 2.44 bits per heavy atom. The van der Waals surface area contributed by atoms with E-state index in [0.29, 0.717) is 16.3 Å². The van der Waals surface area contributed by atoms with Gasteiger partial charge in [-0.05, 0) is 18.2 Å².